The highest BCUT2D eigenvalue weighted by Gasteiger charge is 2.19. The molecule has 12 nitrogen and oxygen atoms in total. The highest BCUT2D eigenvalue weighted by atomic mass is 35.5. The smallest absolute Gasteiger partial charge is 0.278 e. The van der Waals surface area contributed by atoms with Crippen molar-refractivity contribution in [3.63, 3.8) is 0 Å². The zero-order valence-electron chi connectivity index (χ0n) is 21.5. The van der Waals surface area contributed by atoms with Crippen molar-refractivity contribution >= 4 is 29.0 Å². The van der Waals surface area contributed by atoms with Gasteiger partial charge >= 0.3 is 0 Å². The van der Waals surface area contributed by atoms with Crippen LogP contribution in [0.1, 0.15) is 24.4 Å². The molecule has 0 saturated carbocycles. The number of hydrogen-bond acceptors (Lipinski definition) is 9. The van der Waals surface area contributed by atoms with Crippen LogP contribution >= 0.6 is 11.6 Å². The third-order valence-electron chi connectivity index (χ3n) is 6.53. The van der Waals surface area contributed by atoms with E-state index in [1.807, 2.05) is 0 Å². The number of halogens is 2. The molecule has 1 atom stereocenters. The van der Waals surface area contributed by atoms with E-state index in [0.29, 0.717) is 41.0 Å². The Kier molecular flexibility index (Phi) is 8.24. The number of amides is 1. The van der Waals surface area contributed by atoms with Gasteiger partial charge in [-0.2, -0.15) is 5.10 Å². The number of aliphatic hydroxyl groups excluding tert-OH is 1. The molecule has 5 rings (SSSR count). The number of carbonyl (C=O) groups is 1. The Balaban J connectivity index is 1.35. The van der Waals surface area contributed by atoms with E-state index < -0.39 is 29.9 Å². The van der Waals surface area contributed by atoms with Crippen LogP contribution < -0.4 is 20.9 Å². The molecule has 1 saturated heterocycles. The molecule has 40 heavy (non-hydrogen) atoms. The predicted octanol–water partition coefficient (Wildman–Crippen LogP) is 2.19. The number of aliphatic hydroxyl groups is 1. The van der Waals surface area contributed by atoms with Gasteiger partial charge < -0.3 is 25.2 Å². The van der Waals surface area contributed by atoms with Crippen LogP contribution in [-0.2, 0) is 16.1 Å². The van der Waals surface area contributed by atoms with Gasteiger partial charge in [0.1, 0.15) is 30.0 Å². The van der Waals surface area contributed by atoms with Gasteiger partial charge in [-0.25, -0.2) is 18.9 Å². The lowest BCUT2D eigenvalue weighted by molar-refractivity contribution is -0.122. The number of nitrogens with one attached hydrogen (secondary N) is 2. The third-order valence-corrected chi connectivity index (χ3v) is 6.81. The van der Waals surface area contributed by atoms with E-state index in [2.05, 4.69) is 25.7 Å². The second kappa shape index (κ2) is 12.0. The zero-order valence-corrected chi connectivity index (χ0v) is 22.3. The number of anilines is 1. The number of nitrogens with zero attached hydrogens (tertiary/aromatic N) is 5. The van der Waals surface area contributed by atoms with E-state index in [0.717, 1.165) is 17.4 Å². The summed E-state index contributed by atoms with van der Waals surface area (Å²) in [6.07, 6.45) is 6.02. The molecule has 0 aliphatic carbocycles. The molecule has 1 fully saturated rings. The summed E-state index contributed by atoms with van der Waals surface area (Å²) in [4.78, 5) is 34.8. The Hall–Kier alpha value is -4.07. The molecule has 4 aromatic rings. The number of benzene rings is 1. The normalized spacial score (nSPS) is 14.7. The number of methoxy groups -OCH3 is 1. The van der Waals surface area contributed by atoms with Crippen molar-refractivity contribution in [1.29, 1.82) is 0 Å². The van der Waals surface area contributed by atoms with Crippen LogP contribution in [0.25, 0.3) is 16.8 Å². The van der Waals surface area contributed by atoms with Gasteiger partial charge in [0.25, 0.3) is 5.56 Å². The molecule has 3 aromatic heterocycles. The third kappa shape index (κ3) is 6.06. The molecule has 1 unspecified atom stereocenters. The van der Waals surface area contributed by atoms with Crippen molar-refractivity contribution in [2.24, 2.45) is 0 Å². The van der Waals surface area contributed by atoms with Gasteiger partial charge in [0.05, 0.1) is 36.7 Å². The minimum Gasteiger partial charge on any atom is -0.497 e. The van der Waals surface area contributed by atoms with Crippen molar-refractivity contribution in [2.45, 2.75) is 31.5 Å². The lowest BCUT2D eigenvalue weighted by atomic mass is 10.1. The molecule has 1 aliphatic heterocycles. The highest BCUT2D eigenvalue weighted by Crippen LogP contribution is 2.28. The number of carbonyl (C=O) groups excluding carboxylic acids is 1. The fraction of sp³-hybridized carbons (Fsp3) is 0.346. The van der Waals surface area contributed by atoms with E-state index in [1.54, 1.807) is 12.3 Å². The summed E-state index contributed by atoms with van der Waals surface area (Å²) in [5.74, 6) is -0.497. The largest absolute Gasteiger partial charge is 0.497 e. The summed E-state index contributed by atoms with van der Waals surface area (Å²) < 4.78 is 26.9. The first-order valence-electron chi connectivity index (χ1n) is 12.5. The van der Waals surface area contributed by atoms with E-state index in [4.69, 9.17) is 21.1 Å². The summed E-state index contributed by atoms with van der Waals surface area (Å²) >= 11 is 6.39. The fourth-order valence-corrected chi connectivity index (χ4v) is 4.66. The molecule has 0 spiro atoms. The number of fused-ring (bicyclic) bond motifs is 1. The topological polar surface area (TPSA) is 145 Å². The van der Waals surface area contributed by atoms with Crippen molar-refractivity contribution in [3.8, 4) is 17.0 Å². The molecule has 1 amide bonds. The molecular weight excluding hydrogens is 545 g/mol. The van der Waals surface area contributed by atoms with Crippen LogP contribution in [0.3, 0.4) is 0 Å². The molecule has 0 bridgehead atoms. The molecule has 4 heterocycles. The first kappa shape index (κ1) is 27.5. The lowest BCUT2D eigenvalue weighted by Gasteiger charge is -2.23. The zero-order chi connectivity index (χ0) is 28.2. The summed E-state index contributed by atoms with van der Waals surface area (Å²) in [7, 11) is 1.38. The van der Waals surface area contributed by atoms with Gasteiger partial charge in [-0.1, -0.05) is 11.6 Å². The monoisotopic (exact) mass is 571 g/mol. The fourth-order valence-electron chi connectivity index (χ4n) is 4.46. The van der Waals surface area contributed by atoms with Gasteiger partial charge in [-0.3, -0.25) is 14.2 Å². The summed E-state index contributed by atoms with van der Waals surface area (Å²) in [6, 6.07) is 4.75. The van der Waals surface area contributed by atoms with Crippen LogP contribution in [0.5, 0.6) is 5.75 Å². The Labute approximate surface area is 232 Å². The molecule has 3 N–H and O–H groups in total. The van der Waals surface area contributed by atoms with Gasteiger partial charge in [0.15, 0.2) is 0 Å². The minimum absolute atomic E-state index is 0.185. The molecule has 14 heteroatoms. The maximum atomic E-state index is 13.9. The standard InChI is InChI=1S/C26H27ClFN7O5/c1-39-19-7-15(6-17(28)9-19)21(13-36)32-23(37)12-34-14-30-35-11-16(8-22(35)25(34)38)24-20(27)10-29-26(33-24)31-18-2-4-40-5-3-18/h6-11,14,18,21,36H,2-5,12-13H2,1H3,(H,32,37)(H,29,31,33). The van der Waals surface area contributed by atoms with Gasteiger partial charge in [0, 0.05) is 37.1 Å². The van der Waals surface area contributed by atoms with Crippen LogP contribution in [0.15, 0.2) is 47.8 Å². The Bertz CT molecular complexity index is 1590. The van der Waals surface area contributed by atoms with Gasteiger partial charge in [-0.15, -0.1) is 0 Å². The second-order valence-electron chi connectivity index (χ2n) is 9.27. The number of aromatic nitrogens is 5. The Morgan fingerprint density at radius 2 is 2.10 bits per heavy atom. The molecule has 1 aliphatic rings. The maximum absolute atomic E-state index is 13.9. The summed E-state index contributed by atoms with van der Waals surface area (Å²) in [5, 5.41) is 20.3. The Morgan fingerprint density at radius 1 is 1.30 bits per heavy atom. The number of hydrogen-bond donors (Lipinski definition) is 3. The first-order valence-corrected chi connectivity index (χ1v) is 12.9. The molecule has 0 radical (unpaired) electrons. The molecule has 210 valence electrons. The Morgan fingerprint density at radius 3 is 2.85 bits per heavy atom. The van der Waals surface area contributed by atoms with E-state index >= 15 is 0 Å². The lowest BCUT2D eigenvalue weighted by Crippen LogP contribution is -2.36. The van der Waals surface area contributed by atoms with Crippen LogP contribution in [0, 0.1) is 5.82 Å². The summed E-state index contributed by atoms with van der Waals surface area (Å²) in [6.45, 7) is 0.467. The first-order chi connectivity index (χ1) is 19.3. The predicted molar refractivity (Wildman–Crippen MR) is 144 cm³/mol. The van der Waals surface area contributed by atoms with Crippen LogP contribution in [-0.4, -0.2) is 68.1 Å². The van der Waals surface area contributed by atoms with Gasteiger partial charge in [0.2, 0.25) is 11.9 Å². The van der Waals surface area contributed by atoms with Crippen molar-refractivity contribution < 1.29 is 23.8 Å². The van der Waals surface area contributed by atoms with Crippen LogP contribution in [0.4, 0.5) is 10.3 Å². The average molecular weight is 572 g/mol. The number of rotatable bonds is 9. The second-order valence-corrected chi connectivity index (χ2v) is 9.68. The van der Waals surface area contributed by atoms with E-state index in [1.165, 1.54) is 42.3 Å². The van der Waals surface area contributed by atoms with Gasteiger partial charge in [-0.05, 0) is 36.6 Å². The van der Waals surface area contributed by atoms with Crippen molar-refractivity contribution in [1.82, 2.24) is 29.5 Å². The van der Waals surface area contributed by atoms with Crippen molar-refractivity contribution in [2.75, 3.05) is 32.2 Å². The maximum Gasteiger partial charge on any atom is 0.278 e. The number of ether oxygens (including phenoxy) is 2. The van der Waals surface area contributed by atoms with E-state index in [9.17, 15) is 19.1 Å². The summed E-state index contributed by atoms with van der Waals surface area (Å²) in [5.41, 5.74) is 1.02. The highest BCUT2D eigenvalue weighted by molar-refractivity contribution is 6.32. The van der Waals surface area contributed by atoms with Crippen LogP contribution in [0.2, 0.25) is 5.02 Å². The minimum atomic E-state index is -0.909. The SMILES string of the molecule is COc1cc(F)cc(C(CO)NC(=O)Cn2cnn3cc(-c4nc(NC5CCOCC5)ncc4Cl)cc3c2=O)c1. The quantitative estimate of drug-likeness (QED) is 0.275. The average Bonchev–Trinajstić information content (AvgIpc) is 3.39. The molecular formula is C26H27ClFN7O5. The van der Waals surface area contributed by atoms with E-state index in [-0.39, 0.29) is 23.9 Å². The van der Waals surface area contributed by atoms with Crippen molar-refractivity contribution in [3.05, 3.63) is 69.7 Å². The molecule has 1 aromatic carbocycles.